The number of fused-ring (bicyclic) bond motifs is 1. The Morgan fingerprint density at radius 3 is 2.71 bits per heavy atom. The zero-order valence-corrected chi connectivity index (χ0v) is 9.10. The number of hydrogen-bond acceptors (Lipinski definition) is 2. The van der Waals surface area contributed by atoms with E-state index < -0.39 is 5.41 Å². The number of Topliss-reactive ketones (excluding diaryl/α,β-unsaturated/α-hetero) is 1. The molecule has 17 heavy (non-hydrogen) atoms. The Balaban J connectivity index is 2.15. The van der Waals surface area contributed by atoms with Gasteiger partial charge in [0.15, 0.2) is 5.78 Å². The highest BCUT2D eigenvalue weighted by Crippen LogP contribution is 2.61. The second-order valence-corrected chi connectivity index (χ2v) is 4.90. The smallest absolute Gasteiger partial charge is 0.175 e. The quantitative estimate of drug-likeness (QED) is 0.683. The molecule has 0 aliphatic heterocycles. The third-order valence-electron chi connectivity index (χ3n) is 4.15. The van der Waals surface area contributed by atoms with Crippen molar-refractivity contribution < 1.29 is 4.79 Å². The van der Waals surface area contributed by atoms with Gasteiger partial charge in [0.25, 0.3) is 0 Å². The van der Waals surface area contributed by atoms with Gasteiger partial charge in [0.1, 0.15) is 0 Å². The van der Waals surface area contributed by atoms with Crippen LogP contribution < -0.4 is 0 Å². The molecule has 80 valence electrons. The number of ketones is 1. The number of nitriles is 1. The first kappa shape index (κ1) is 8.95. The van der Waals surface area contributed by atoms with Crippen LogP contribution in [0, 0.1) is 17.2 Å². The van der Waals surface area contributed by atoms with Crippen LogP contribution >= 0.6 is 0 Å². The van der Waals surface area contributed by atoms with E-state index in [1.165, 1.54) is 0 Å². The SMILES string of the molecule is N#C[C@H]1C[C@]12C(=O)c1cccc3cccc2c13. The van der Waals surface area contributed by atoms with E-state index in [4.69, 9.17) is 5.26 Å². The molecule has 2 nitrogen and oxygen atoms in total. The molecule has 2 aliphatic rings. The number of carbonyl (C=O) groups excluding carboxylic acids is 1. The summed E-state index contributed by atoms with van der Waals surface area (Å²) in [5.74, 6) is 0.0175. The van der Waals surface area contributed by atoms with Crippen LogP contribution in [-0.2, 0) is 5.41 Å². The summed E-state index contributed by atoms with van der Waals surface area (Å²) in [5.41, 5.74) is 1.37. The Morgan fingerprint density at radius 1 is 1.24 bits per heavy atom. The molecule has 0 N–H and O–H groups in total. The van der Waals surface area contributed by atoms with Crippen molar-refractivity contribution in [1.29, 1.82) is 5.26 Å². The minimum absolute atomic E-state index is 0.131. The highest BCUT2D eigenvalue weighted by Gasteiger charge is 2.64. The van der Waals surface area contributed by atoms with Gasteiger partial charge >= 0.3 is 0 Å². The van der Waals surface area contributed by atoms with E-state index >= 15 is 0 Å². The summed E-state index contributed by atoms with van der Waals surface area (Å²) >= 11 is 0. The molecule has 0 bridgehead atoms. The van der Waals surface area contributed by atoms with Crippen LogP contribution in [0.3, 0.4) is 0 Å². The normalized spacial score (nSPS) is 28.6. The lowest BCUT2D eigenvalue weighted by Gasteiger charge is -2.06. The number of carbonyl (C=O) groups is 1. The van der Waals surface area contributed by atoms with E-state index in [9.17, 15) is 4.79 Å². The highest BCUT2D eigenvalue weighted by molar-refractivity contribution is 6.22. The zero-order chi connectivity index (χ0) is 11.6. The molecule has 2 heteroatoms. The fourth-order valence-corrected chi connectivity index (χ4v) is 3.23. The number of nitrogens with zero attached hydrogens (tertiary/aromatic N) is 1. The van der Waals surface area contributed by atoms with Gasteiger partial charge in [-0.3, -0.25) is 4.79 Å². The first-order valence-corrected chi connectivity index (χ1v) is 5.75. The number of hydrogen-bond donors (Lipinski definition) is 0. The van der Waals surface area contributed by atoms with Crippen molar-refractivity contribution in [3.8, 4) is 6.07 Å². The summed E-state index contributed by atoms with van der Waals surface area (Å²) < 4.78 is 0. The van der Waals surface area contributed by atoms with Crippen molar-refractivity contribution in [2.45, 2.75) is 11.8 Å². The maximum Gasteiger partial charge on any atom is 0.175 e. The van der Waals surface area contributed by atoms with Gasteiger partial charge < -0.3 is 0 Å². The maximum absolute atomic E-state index is 12.5. The van der Waals surface area contributed by atoms with Crippen molar-refractivity contribution in [3.05, 3.63) is 47.5 Å². The molecular formula is C15H9NO. The third-order valence-corrected chi connectivity index (χ3v) is 4.15. The van der Waals surface area contributed by atoms with Crippen molar-refractivity contribution in [2.75, 3.05) is 0 Å². The Hall–Kier alpha value is -2.14. The number of rotatable bonds is 0. The zero-order valence-electron chi connectivity index (χ0n) is 9.10. The van der Waals surface area contributed by atoms with Crippen molar-refractivity contribution in [1.82, 2.24) is 0 Å². The first-order chi connectivity index (χ1) is 8.29. The van der Waals surface area contributed by atoms with Gasteiger partial charge in [-0.2, -0.15) is 5.26 Å². The van der Waals surface area contributed by atoms with Gasteiger partial charge in [-0.15, -0.1) is 0 Å². The fraction of sp³-hybridized carbons (Fsp3) is 0.200. The molecule has 1 spiro atoms. The molecular weight excluding hydrogens is 210 g/mol. The van der Waals surface area contributed by atoms with Gasteiger partial charge in [0, 0.05) is 5.56 Å². The largest absolute Gasteiger partial charge is 0.293 e. The lowest BCUT2D eigenvalue weighted by Crippen LogP contribution is -2.16. The summed E-state index contributed by atoms with van der Waals surface area (Å²) in [5, 5.41) is 11.3. The monoisotopic (exact) mass is 219 g/mol. The van der Waals surface area contributed by atoms with E-state index in [-0.39, 0.29) is 11.7 Å². The molecule has 2 atom stereocenters. The predicted octanol–water partition coefficient (Wildman–Crippen LogP) is 2.82. The van der Waals surface area contributed by atoms with Crippen LogP contribution in [0.2, 0.25) is 0 Å². The van der Waals surface area contributed by atoms with E-state index in [0.717, 1.165) is 21.9 Å². The molecule has 4 rings (SSSR count). The van der Waals surface area contributed by atoms with Crippen molar-refractivity contribution in [3.63, 3.8) is 0 Å². The highest BCUT2D eigenvalue weighted by atomic mass is 16.1. The molecule has 2 aromatic carbocycles. The third kappa shape index (κ3) is 0.817. The van der Waals surface area contributed by atoms with Gasteiger partial charge in [0.2, 0.25) is 0 Å². The standard InChI is InChI=1S/C15H9NO/c16-8-10-7-15(10)12-6-2-4-9-3-1-5-11(13(9)12)14(15)17/h1-6,10H,7H2/t10-,15+/m1/s1. The van der Waals surface area contributed by atoms with Gasteiger partial charge in [-0.1, -0.05) is 36.4 Å². The van der Waals surface area contributed by atoms with E-state index in [2.05, 4.69) is 6.07 Å². The van der Waals surface area contributed by atoms with Gasteiger partial charge in [-0.05, 0) is 22.8 Å². The summed E-state index contributed by atoms with van der Waals surface area (Å²) in [6.45, 7) is 0. The summed E-state index contributed by atoms with van der Waals surface area (Å²) in [6, 6.07) is 14.1. The van der Waals surface area contributed by atoms with Crippen LogP contribution in [0.15, 0.2) is 36.4 Å². The Morgan fingerprint density at radius 2 is 2.00 bits per heavy atom. The Bertz CT molecular complexity index is 720. The Kier molecular flexibility index (Phi) is 1.35. The van der Waals surface area contributed by atoms with Crippen molar-refractivity contribution in [2.24, 2.45) is 5.92 Å². The summed E-state index contributed by atoms with van der Waals surface area (Å²) in [7, 11) is 0. The molecule has 0 heterocycles. The first-order valence-electron chi connectivity index (χ1n) is 5.75. The summed E-state index contributed by atoms with van der Waals surface area (Å²) in [6.07, 6.45) is 0.691. The molecule has 2 aromatic rings. The predicted molar refractivity (Wildman–Crippen MR) is 63.7 cm³/mol. The molecule has 0 saturated heterocycles. The topological polar surface area (TPSA) is 40.9 Å². The molecule has 2 aliphatic carbocycles. The average molecular weight is 219 g/mol. The van der Waals surface area contributed by atoms with E-state index in [1.807, 2.05) is 36.4 Å². The molecule has 0 radical (unpaired) electrons. The van der Waals surface area contributed by atoms with Crippen molar-refractivity contribution >= 4 is 16.6 Å². The van der Waals surface area contributed by atoms with Gasteiger partial charge in [-0.25, -0.2) is 0 Å². The lowest BCUT2D eigenvalue weighted by atomic mass is 9.93. The minimum atomic E-state index is -0.502. The molecule has 1 saturated carbocycles. The second-order valence-electron chi connectivity index (χ2n) is 4.90. The Labute approximate surface area is 98.5 Å². The summed E-state index contributed by atoms with van der Waals surface area (Å²) in [4.78, 5) is 12.5. The van der Waals surface area contributed by atoms with Gasteiger partial charge in [0.05, 0.1) is 17.4 Å². The van der Waals surface area contributed by atoms with Crippen LogP contribution in [0.4, 0.5) is 0 Å². The minimum Gasteiger partial charge on any atom is -0.293 e. The fourth-order valence-electron chi connectivity index (χ4n) is 3.23. The maximum atomic E-state index is 12.5. The van der Waals surface area contributed by atoms with Crippen LogP contribution in [0.1, 0.15) is 22.3 Å². The second kappa shape index (κ2) is 2.57. The molecule has 0 aromatic heterocycles. The van der Waals surface area contributed by atoms with E-state index in [0.29, 0.717) is 6.42 Å². The van der Waals surface area contributed by atoms with Crippen LogP contribution in [0.5, 0.6) is 0 Å². The molecule has 1 fully saturated rings. The van der Waals surface area contributed by atoms with E-state index in [1.54, 1.807) is 0 Å². The average Bonchev–Trinajstić information content (AvgIpc) is 3.06. The molecule has 0 amide bonds. The number of benzene rings is 2. The van der Waals surface area contributed by atoms with Crippen LogP contribution in [-0.4, -0.2) is 5.78 Å². The van der Waals surface area contributed by atoms with Crippen LogP contribution in [0.25, 0.3) is 10.8 Å². The lowest BCUT2D eigenvalue weighted by molar-refractivity contribution is 0.0951. The molecule has 0 unspecified atom stereocenters.